The van der Waals surface area contributed by atoms with Crippen molar-refractivity contribution in [1.82, 2.24) is 14.3 Å². The van der Waals surface area contributed by atoms with Crippen LogP contribution in [0, 0.1) is 0 Å². The van der Waals surface area contributed by atoms with E-state index in [-0.39, 0.29) is 0 Å². The van der Waals surface area contributed by atoms with Crippen molar-refractivity contribution in [2.24, 2.45) is 0 Å². The Morgan fingerprint density at radius 1 is 1.38 bits per heavy atom. The van der Waals surface area contributed by atoms with E-state index in [4.69, 9.17) is 11.6 Å². The average molecular weight is 216 g/mol. The highest BCUT2D eigenvalue weighted by Crippen LogP contribution is 2.20. The molecule has 0 saturated carbocycles. The summed E-state index contributed by atoms with van der Waals surface area (Å²) in [5, 5.41) is 1.38. The third kappa shape index (κ3) is 1.98. The first-order valence-electron chi connectivity index (χ1n) is 4.01. The summed E-state index contributed by atoms with van der Waals surface area (Å²) < 4.78 is 1.82. The zero-order valence-corrected chi connectivity index (χ0v) is 9.44. The number of rotatable bonds is 0. The van der Waals surface area contributed by atoms with Crippen molar-refractivity contribution < 1.29 is 0 Å². The molecule has 0 amide bonds. The lowest BCUT2D eigenvalue weighted by Crippen LogP contribution is -1.83. The fourth-order valence-electron chi connectivity index (χ4n) is 0.940. The number of hydrogen-bond donors (Lipinski definition) is 0. The van der Waals surface area contributed by atoms with Gasteiger partial charge in [-0.2, -0.15) is 0 Å². The lowest BCUT2D eigenvalue weighted by atomic mass is 10.4. The molecule has 2 aromatic heterocycles. The van der Waals surface area contributed by atoms with E-state index in [1.54, 1.807) is 0 Å². The summed E-state index contributed by atoms with van der Waals surface area (Å²) in [5.74, 6) is 0. The zero-order chi connectivity index (χ0) is 9.84. The van der Waals surface area contributed by atoms with E-state index in [1.165, 1.54) is 6.33 Å². The van der Waals surface area contributed by atoms with Crippen LogP contribution in [0.25, 0.3) is 11.0 Å². The summed E-state index contributed by atoms with van der Waals surface area (Å²) >= 11 is 5.80. The molecule has 2 heterocycles. The molecule has 0 N–H and O–H groups in total. The van der Waals surface area contributed by atoms with Gasteiger partial charge in [0.2, 0.25) is 0 Å². The van der Waals surface area contributed by atoms with Gasteiger partial charge in [0.25, 0.3) is 0 Å². The molecule has 0 aliphatic heterocycles. The number of fused-ring (bicyclic) bond motifs is 1. The smallest absolute Gasteiger partial charge is 0.147 e. The van der Waals surface area contributed by atoms with Gasteiger partial charge in [0.1, 0.15) is 17.1 Å². The van der Waals surface area contributed by atoms with Crippen LogP contribution in [-0.4, -0.2) is 14.3 Å². The van der Waals surface area contributed by atoms with Gasteiger partial charge in [-0.25, -0.2) is 9.97 Å². The number of nitrogens with zero attached hydrogens (tertiary/aromatic N) is 3. The predicted molar refractivity (Wildman–Crippen MR) is 59.0 cm³/mol. The van der Waals surface area contributed by atoms with Gasteiger partial charge < -0.3 is 4.34 Å². The molecule has 13 heavy (non-hydrogen) atoms. The molecule has 2 aromatic rings. The Kier molecular flexibility index (Phi) is 3.64. The highest BCUT2D eigenvalue weighted by Gasteiger charge is 2.02. The third-order valence-corrected chi connectivity index (χ3v) is 2.18. The van der Waals surface area contributed by atoms with Crippen molar-refractivity contribution >= 4 is 32.0 Å². The highest BCUT2D eigenvalue weighted by molar-refractivity contribution is 7.14. The van der Waals surface area contributed by atoms with Crippen molar-refractivity contribution in [3.05, 3.63) is 23.7 Å². The standard InChI is InChI=1S/C6H5ClN3P.C2H6/c7-5-4-1-2-10(11)6(4)9-3-8-5;1-2/h1-3H,11H2;1-2H3. The van der Waals surface area contributed by atoms with E-state index in [2.05, 4.69) is 19.4 Å². The van der Waals surface area contributed by atoms with E-state index in [0.29, 0.717) is 5.15 Å². The Labute approximate surface area is 84.4 Å². The SMILES string of the molecule is CC.Pn1ccc2c(Cl)ncnc21. The minimum Gasteiger partial charge on any atom is -0.317 e. The third-order valence-electron chi connectivity index (χ3n) is 1.46. The monoisotopic (exact) mass is 215 g/mol. The normalized spacial score (nSPS) is 9.54. The molecular weight excluding hydrogens is 205 g/mol. The van der Waals surface area contributed by atoms with E-state index < -0.39 is 0 Å². The summed E-state index contributed by atoms with van der Waals surface area (Å²) in [5.41, 5.74) is 0.829. The lowest BCUT2D eigenvalue weighted by Gasteiger charge is -1.93. The van der Waals surface area contributed by atoms with Crippen molar-refractivity contribution in [3.63, 3.8) is 0 Å². The van der Waals surface area contributed by atoms with Crippen LogP contribution >= 0.6 is 21.0 Å². The second-order valence-corrected chi connectivity index (χ2v) is 3.04. The van der Waals surface area contributed by atoms with E-state index in [9.17, 15) is 0 Å². The molecule has 0 aromatic carbocycles. The van der Waals surface area contributed by atoms with E-state index >= 15 is 0 Å². The number of hydrogen-bond acceptors (Lipinski definition) is 2. The van der Waals surface area contributed by atoms with Gasteiger partial charge in [0.05, 0.1) is 5.39 Å². The molecule has 0 bridgehead atoms. The predicted octanol–water partition coefficient (Wildman–Crippen LogP) is 2.75. The number of halogens is 1. The fourth-order valence-corrected chi connectivity index (χ4v) is 1.42. The first-order valence-corrected chi connectivity index (χ1v) is 4.91. The molecule has 0 radical (unpaired) electrons. The topological polar surface area (TPSA) is 30.7 Å². The van der Waals surface area contributed by atoms with Crippen LogP contribution in [0.4, 0.5) is 0 Å². The molecule has 0 aliphatic rings. The molecule has 0 saturated heterocycles. The molecule has 1 unspecified atom stereocenters. The van der Waals surface area contributed by atoms with Crippen LogP contribution in [0.5, 0.6) is 0 Å². The van der Waals surface area contributed by atoms with Gasteiger partial charge in [0, 0.05) is 6.20 Å². The highest BCUT2D eigenvalue weighted by atomic mass is 35.5. The first-order chi connectivity index (χ1) is 6.29. The lowest BCUT2D eigenvalue weighted by molar-refractivity contribution is 1.18. The Hall–Kier alpha value is -0.660. The van der Waals surface area contributed by atoms with E-state index in [0.717, 1.165) is 11.0 Å². The second kappa shape index (κ2) is 4.54. The minimum absolute atomic E-state index is 0.496. The van der Waals surface area contributed by atoms with Gasteiger partial charge in [-0.3, -0.25) is 0 Å². The fraction of sp³-hybridized carbons (Fsp3) is 0.250. The van der Waals surface area contributed by atoms with Crippen LogP contribution < -0.4 is 0 Å². The molecule has 2 rings (SSSR count). The molecule has 0 fully saturated rings. The molecule has 70 valence electrons. The summed E-state index contributed by atoms with van der Waals surface area (Å²) in [7, 11) is 2.52. The quantitative estimate of drug-likeness (QED) is 0.500. The molecule has 5 heteroatoms. The second-order valence-electron chi connectivity index (χ2n) is 2.12. The largest absolute Gasteiger partial charge is 0.317 e. The average Bonchev–Trinajstić information content (AvgIpc) is 2.53. The van der Waals surface area contributed by atoms with Gasteiger partial charge in [0.15, 0.2) is 0 Å². The maximum absolute atomic E-state index is 5.80. The molecule has 1 atom stereocenters. The number of aromatic nitrogens is 3. The summed E-state index contributed by atoms with van der Waals surface area (Å²) in [6.07, 6.45) is 3.32. The molecule has 3 nitrogen and oxygen atoms in total. The van der Waals surface area contributed by atoms with Crippen molar-refractivity contribution in [2.75, 3.05) is 0 Å². The first kappa shape index (κ1) is 10.4. The van der Waals surface area contributed by atoms with E-state index in [1.807, 2.05) is 30.4 Å². The van der Waals surface area contributed by atoms with Crippen LogP contribution in [0.15, 0.2) is 18.6 Å². The summed E-state index contributed by atoms with van der Waals surface area (Å²) in [6, 6.07) is 1.88. The van der Waals surface area contributed by atoms with Gasteiger partial charge in [-0.05, 0) is 15.5 Å². The summed E-state index contributed by atoms with van der Waals surface area (Å²) in [6.45, 7) is 4.00. The maximum Gasteiger partial charge on any atom is 0.147 e. The Morgan fingerprint density at radius 3 is 2.69 bits per heavy atom. The summed E-state index contributed by atoms with van der Waals surface area (Å²) in [4.78, 5) is 7.90. The van der Waals surface area contributed by atoms with Crippen molar-refractivity contribution in [1.29, 1.82) is 0 Å². The van der Waals surface area contributed by atoms with Crippen molar-refractivity contribution in [3.8, 4) is 0 Å². The maximum atomic E-state index is 5.80. The van der Waals surface area contributed by atoms with Gasteiger partial charge in [-0.15, -0.1) is 0 Å². The molecular formula is C8H11ClN3P. The zero-order valence-electron chi connectivity index (χ0n) is 7.53. The van der Waals surface area contributed by atoms with Gasteiger partial charge >= 0.3 is 0 Å². The Balaban J connectivity index is 0.000000396. The molecule has 0 aliphatic carbocycles. The van der Waals surface area contributed by atoms with Crippen LogP contribution in [0.1, 0.15) is 13.8 Å². The van der Waals surface area contributed by atoms with Crippen LogP contribution in [0.3, 0.4) is 0 Å². The Morgan fingerprint density at radius 2 is 2.08 bits per heavy atom. The Bertz CT molecular complexity index is 399. The van der Waals surface area contributed by atoms with Crippen LogP contribution in [-0.2, 0) is 0 Å². The van der Waals surface area contributed by atoms with Crippen molar-refractivity contribution in [2.45, 2.75) is 13.8 Å². The minimum atomic E-state index is 0.496. The van der Waals surface area contributed by atoms with Crippen LogP contribution in [0.2, 0.25) is 5.15 Å². The van der Waals surface area contributed by atoms with Gasteiger partial charge in [-0.1, -0.05) is 25.4 Å². The molecule has 0 spiro atoms.